The molecule has 0 spiro atoms. The molecule has 5 heteroatoms. The molecule has 0 saturated heterocycles. The summed E-state index contributed by atoms with van der Waals surface area (Å²) in [5, 5.41) is 0.180. The molecule has 96 valence electrons. The topological polar surface area (TPSA) is 67.0 Å². The first-order valence-electron chi connectivity index (χ1n) is 5.64. The first-order chi connectivity index (χ1) is 8.37. The summed E-state index contributed by atoms with van der Waals surface area (Å²) in [7, 11) is -3.52. The molecule has 0 saturated carbocycles. The number of rotatable bonds is 3. The smallest absolute Gasteiger partial charge is 0.202 e. The van der Waals surface area contributed by atoms with Crippen LogP contribution in [0.2, 0.25) is 0 Å². The molecule has 4 nitrogen and oxygen atoms in total. The van der Waals surface area contributed by atoms with Crippen molar-refractivity contribution in [1.29, 1.82) is 0 Å². The number of nitrogens with one attached hydrogen (secondary N) is 1. The van der Waals surface area contributed by atoms with E-state index < -0.39 is 14.6 Å². The number of aromatic nitrogens is 1. The third-order valence-electron chi connectivity index (χ3n) is 3.21. The minimum Gasteiger partial charge on any atom is -0.352 e. The zero-order chi connectivity index (χ0) is 13.4. The number of aromatic amines is 1. The highest BCUT2D eigenvalue weighted by atomic mass is 32.2. The van der Waals surface area contributed by atoms with Gasteiger partial charge < -0.3 is 4.98 Å². The van der Waals surface area contributed by atoms with E-state index in [-0.39, 0.29) is 17.2 Å². The molecule has 0 amide bonds. The predicted molar refractivity (Wildman–Crippen MR) is 68.9 cm³/mol. The highest BCUT2D eigenvalue weighted by Crippen LogP contribution is 2.34. The lowest BCUT2D eigenvalue weighted by atomic mass is 9.93. The Balaban J connectivity index is 2.44. The van der Waals surface area contributed by atoms with Crippen LogP contribution in [0.3, 0.4) is 0 Å². The van der Waals surface area contributed by atoms with E-state index in [9.17, 15) is 13.2 Å². The number of allylic oxidation sites excluding steroid dienone is 3. The van der Waals surface area contributed by atoms with Crippen LogP contribution in [0.4, 0.5) is 0 Å². The van der Waals surface area contributed by atoms with Crippen molar-refractivity contribution < 1.29 is 13.2 Å². The molecule has 1 aromatic heterocycles. The normalized spacial score (nSPS) is 23.8. The summed E-state index contributed by atoms with van der Waals surface area (Å²) in [5.74, 6) is -0.0905. The summed E-state index contributed by atoms with van der Waals surface area (Å²) >= 11 is 0. The maximum Gasteiger partial charge on any atom is 0.202 e. The molecule has 0 aliphatic heterocycles. The Kier molecular flexibility index (Phi) is 3.02. The summed E-state index contributed by atoms with van der Waals surface area (Å²) < 4.78 is 24.0. The van der Waals surface area contributed by atoms with E-state index in [0.29, 0.717) is 5.57 Å². The van der Waals surface area contributed by atoms with E-state index in [1.807, 2.05) is 0 Å². The van der Waals surface area contributed by atoms with Gasteiger partial charge in [0.25, 0.3) is 0 Å². The van der Waals surface area contributed by atoms with Gasteiger partial charge >= 0.3 is 0 Å². The number of carbonyl (C=O) groups excluding carboxylic acids is 1. The van der Waals surface area contributed by atoms with Crippen LogP contribution in [0.25, 0.3) is 0 Å². The molecule has 0 aromatic carbocycles. The van der Waals surface area contributed by atoms with E-state index >= 15 is 0 Å². The molecule has 0 fully saturated rings. The molecule has 1 N–H and O–H groups in total. The number of sulfone groups is 1. The third-order valence-corrected chi connectivity index (χ3v) is 5.55. The van der Waals surface area contributed by atoms with Gasteiger partial charge in [-0.1, -0.05) is 18.2 Å². The van der Waals surface area contributed by atoms with Crippen LogP contribution >= 0.6 is 0 Å². The second-order valence-corrected chi connectivity index (χ2v) is 7.01. The molecule has 1 aliphatic carbocycles. The molecule has 1 atom stereocenters. The van der Waals surface area contributed by atoms with Crippen LogP contribution in [0.15, 0.2) is 47.2 Å². The molecule has 1 unspecified atom stereocenters. The quantitative estimate of drug-likeness (QED) is 0.909. The van der Waals surface area contributed by atoms with Crippen molar-refractivity contribution in [2.24, 2.45) is 0 Å². The molecular formula is C13H15NO3S. The van der Waals surface area contributed by atoms with Gasteiger partial charge in [-0.05, 0) is 38.0 Å². The van der Waals surface area contributed by atoms with Gasteiger partial charge in [0.05, 0.1) is 4.75 Å². The lowest BCUT2D eigenvalue weighted by molar-refractivity contribution is -0.113. The fourth-order valence-corrected chi connectivity index (χ4v) is 3.61. The summed E-state index contributed by atoms with van der Waals surface area (Å²) in [6.07, 6.45) is 6.73. The van der Waals surface area contributed by atoms with Crippen molar-refractivity contribution in [3.63, 3.8) is 0 Å². The van der Waals surface area contributed by atoms with E-state index in [2.05, 4.69) is 4.98 Å². The van der Waals surface area contributed by atoms with Crippen LogP contribution in [0.1, 0.15) is 20.3 Å². The Morgan fingerprint density at radius 1 is 1.44 bits per heavy atom. The predicted octanol–water partition coefficient (Wildman–Crippen LogP) is 2.02. The van der Waals surface area contributed by atoms with Crippen LogP contribution in [-0.4, -0.2) is 23.9 Å². The minimum absolute atomic E-state index is 0.0905. The Morgan fingerprint density at radius 2 is 2.17 bits per heavy atom. The number of hydrogen-bond donors (Lipinski definition) is 1. The summed E-state index contributed by atoms with van der Waals surface area (Å²) in [4.78, 5) is 14.1. The van der Waals surface area contributed by atoms with Gasteiger partial charge in [-0.2, -0.15) is 0 Å². The number of Topliss-reactive ketones (excluding diaryl/α,β-unsaturated/α-hetero) is 1. The molecule has 1 aliphatic rings. The average Bonchev–Trinajstić information content (AvgIpc) is 2.82. The van der Waals surface area contributed by atoms with Crippen molar-refractivity contribution in [2.75, 3.05) is 0 Å². The Bertz CT molecular complexity index is 623. The Hall–Kier alpha value is -1.62. The monoisotopic (exact) mass is 265 g/mol. The van der Waals surface area contributed by atoms with Crippen molar-refractivity contribution in [3.05, 3.63) is 42.1 Å². The van der Waals surface area contributed by atoms with E-state index in [4.69, 9.17) is 0 Å². The van der Waals surface area contributed by atoms with Crippen molar-refractivity contribution in [3.8, 4) is 0 Å². The molecule has 0 bridgehead atoms. The SMILES string of the molecule is CC(=O)C1=CC=CC(C)(S(=O)(=O)c2ccc[nH]2)C1. The van der Waals surface area contributed by atoms with Crippen LogP contribution in [0, 0.1) is 0 Å². The lowest BCUT2D eigenvalue weighted by Crippen LogP contribution is -2.36. The van der Waals surface area contributed by atoms with Crippen molar-refractivity contribution in [2.45, 2.75) is 30.0 Å². The largest absolute Gasteiger partial charge is 0.352 e. The maximum absolute atomic E-state index is 12.5. The molecule has 0 radical (unpaired) electrons. The lowest BCUT2D eigenvalue weighted by Gasteiger charge is -2.28. The Labute approximate surface area is 106 Å². The van der Waals surface area contributed by atoms with Crippen molar-refractivity contribution in [1.82, 2.24) is 4.98 Å². The highest BCUT2D eigenvalue weighted by Gasteiger charge is 2.40. The second-order valence-electron chi connectivity index (χ2n) is 4.63. The van der Waals surface area contributed by atoms with Gasteiger partial charge in [-0.15, -0.1) is 0 Å². The fourth-order valence-electron chi connectivity index (χ4n) is 2.02. The standard InChI is InChI=1S/C13H15NO3S/c1-10(15)11-5-3-7-13(2,9-11)18(16,17)12-6-4-8-14-12/h3-8,14H,9H2,1-2H3. The second kappa shape index (κ2) is 4.24. The summed E-state index contributed by atoms with van der Waals surface area (Å²) in [5.41, 5.74) is 0.537. The van der Waals surface area contributed by atoms with Gasteiger partial charge in [-0.25, -0.2) is 8.42 Å². The molecular weight excluding hydrogens is 250 g/mol. The van der Waals surface area contributed by atoms with Crippen LogP contribution < -0.4 is 0 Å². The van der Waals surface area contributed by atoms with Crippen LogP contribution in [-0.2, 0) is 14.6 Å². The maximum atomic E-state index is 12.5. The number of carbonyl (C=O) groups is 1. The van der Waals surface area contributed by atoms with Gasteiger partial charge in [0, 0.05) is 6.20 Å². The molecule has 18 heavy (non-hydrogen) atoms. The van der Waals surface area contributed by atoms with Gasteiger partial charge in [0.2, 0.25) is 9.84 Å². The molecule has 2 rings (SSSR count). The third kappa shape index (κ3) is 1.95. The highest BCUT2D eigenvalue weighted by molar-refractivity contribution is 7.92. The van der Waals surface area contributed by atoms with Crippen molar-refractivity contribution >= 4 is 15.6 Å². The number of H-pyrrole nitrogens is 1. The van der Waals surface area contributed by atoms with E-state index in [1.54, 1.807) is 37.4 Å². The van der Waals surface area contributed by atoms with Crippen LogP contribution in [0.5, 0.6) is 0 Å². The fraction of sp³-hybridized carbons (Fsp3) is 0.308. The molecule has 1 aromatic rings. The van der Waals surface area contributed by atoms with Gasteiger partial charge in [0.15, 0.2) is 5.78 Å². The van der Waals surface area contributed by atoms with Gasteiger partial charge in [-0.3, -0.25) is 4.79 Å². The molecule has 1 heterocycles. The number of ketones is 1. The first kappa shape index (κ1) is 12.8. The van der Waals surface area contributed by atoms with E-state index in [1.165, 1.54) is 13.0 Å². The first-order valence-corrected chi connectivity index (χ1v) is 7.12. The zero-order valence-corrected chi connectivity index (χ0v) is 11.1. The summed E-state index contributed by atoms with van der Waals surface area (Å²) in [6.45, 7) is 3.09. The average molecular weight is 265 g/mol. The minimum atomic E-state index is -3.52. The van der Waals surface area contributed by atoms with E-state index in [0.717, 1.165) is 0 Å². The number of hydrogen-bond acceptors (Lipinski definition) is 3. The zero-order valence-electron chi connectivity index (χ0n) is 10.3. The Morgan fingerprint density at radius 3 is 2.72 bits per heavy atom. The van der Waals surface area contributed by atoms with Gasteiger partial charge in [0.1, 0.15) is 5.03 Å². The summed E-state index contributed by atoms with van der Waals surface area (Å²) in [6, 6.07) is 3.17.